The first kappa shape index (κ1) is 18.4. The molecule has 1 aliphatic rings. The summed E-state index contributed by atoms with van der Waals surface area (Å²) in [7, 11) is 3.10. The summed E-state index contributed by atoms with van der Waals surface area (Å²) >= 11 is 0. The normalized spacial score (nSPS) is 15.8. The lowest BCUT2D eigenvalue weighted by molar-refractivity contribution is -0.119. The van der Waals surface area contributed by atoms with Gasteiger partial charge >= 0.3 is 5.69 Å². The Kier molecular flexibility index (Phi) is 6.36. The van der Waals surface area contributed by atoms with Crippen LogP contribution in [-0.4, -0.2) is 33.0 Å². The summed E-state index contributed by atoms with van der Waals surface area (Å²) in [6, 6.07) is 1.45. The minimum absolute atomic E-state index is 0.135. The Morgan fingerprint density at radius 1 is 1.21 bits per heavy atom. The third-order valence-corrected chi connectivity index (χ3v) is 4.97. The molecule has 0 aliphatic heterocycles. The molecule has 0 unspecified atom stereocenters. The molecule has 2 rings (SSSR count). The van der Waals surface area contributed by atoms with Gasteiger partial charge in [-0.3, -0.25) is 23.6 Å². The Morgan fingerprint density at radius 3 is 2.50 bits per heavy atom. The van der Waals surface area contributed by atoms with Crippen molar-refractivity contribution < 1.29 is 4.79 Å². The van der Waals surface area contributed by atoms with Gasteiger partial charge < -0.3 is 5.73 Å². The van der Waals surface area contributed by atoms with Crippen molar-refractivity contribution in [2.24, 2.45) is 25.7 Å². The highest BCUT2D eigenvalue weighted by molar-refractivity contribution is 5.75. The highest BCUT2D eigenvalue weighted by Crippen LogP contribution is 2.26. The van der Waals surface area contributed by atoms with Crippen LogP contribution in [0.25, 0.3) is 0 Å². The average molecular weight is 336 g/mol. The molecule has 2 N–H and O–H groups in total. The average Bonchev–Trinajstić information content (AvgIpc) is 2.56. The molecule has 1 aliphatic carbocycles. The molecule has 1 saturated carbocycles. The van der Waals surface area contributed by atoms with Crippen molar-refractivity contribution in [2.45, 2.75) is 45.1 Å². The number of carbonyl (C=O) groups is 1. The Bertz CT molecular complexity index is 686. The third kappa shape index (κ3) is 4.80. The van der Waals surface area contributed by atoms with Gasteiger partial charge in [-0.2, -0.15) is 0 Å². The Morgan fingerprint density at radius 2 is 1.88 bits per heavy atom. The van der Waals surface area contributed by atoms with Crippen LogP contribution in [-0.2, 0) is 25.4 Å². The van der Waals surface area contributed by atoms with Gasteiger partial charge in [0.1, 0.15) is 0 Å². The summed E-state index contributed by atoms with van der Waals surface area (Å²) in [4.78, 5) is 37.2. The third-order valence-electron chi connectivity index (χ3n) is 4.97. The lowest BCUT2D eigenvalue weighted by atomic mass is 9.87. The maximum absolute atomic E-state index is 12.0. The predicted molar refractivity (Wildman–Crippen MR) is 92.6 cm³/mol. The molecule has 0 aromatic carbocycles. The van der Waals surface area contributed by atoms with Crippen LogP contribution in [0.3, 0.4) is 0 Å². The highest BCUT2D eigenvalue weighted by atomic mass is 16.2. The summed E-state index contributed by atoms with van der Waals surface area (Å²) in [5, 5.41) is 0. The van der Waals surface area contributed by atoms with Gasteiger partial charge in [-0.25, -0.2) is 4.79 Å². The maximum atomic E-state index is 12.0. The SMILES string of the molecule is Cn1c(CN(CCC2CCCCC2)CC(N)=O)cc(=O)n(C)c1=O. The van der Waals surface area contributed by atoms with Gasteiger partial charge in [0.05, 0.1) is 6.54 Å². The quantitative estimate of drug-likeness (QED) is 0.777. The minimum Gasteiger partial charge on any atom is -0.369 e. The molecule has 1 amide bonds. The number of nitrogens with two attached hydrogens (primary N) is 1. The van der Waals surface area contributed by atoms with E-state index in [0.717, 1.165) is 17.5 Å². The summed E-state index contributed by atoms with van der Waals surface area (Å²) in [6.45, 7) is 1.25. The molecular weight excluding hydrogens is 308 g/mol. The largest absolute Gasteiger partial charge is 0.369 e. The molecule has 7 heteroatoms. The van der Waals surface area contributed by atoms with Crippen molar-refractivity contribution in [3.8, 4) is 0 Å². The minimum atomic E-state index is -0.396. The fourth-order valence-electron chi connectivity index (χ4n) is 3.43. The molecule has 1 aromatic heterocycles. The molecule has 1 aromatic rings. The van der Waals surface area contributed by atoms with Crippen molar-refractivity contribution in [2.75, 3.05) is 13.1 Å². The molecule has 0 bridgehead atoms. The fourth-order valence-corrected chi connectivity index (χ4v) is 3.43. The maximum Gasteiger partial charge on any atom is 0.330 e. The van der Waals surface area contributed by atoms with E-state index in [1.807, 2.05) is 4.90 Å². The zero-order chi connectivity index (χ0) is 17.7. The molecule has 1 fully saturated rings. The molecule has 134 valence electrons. The van der Waals surface area contributed by atoms with Gasteiger partial charge in [0.15, 0.2) is 0 Å². The number of aromatic nitrogens is 2. The highest BCUT2D eigenvalue weighted by Gasteiger charge is 2.17. The first-order valence-corrected chi connectivity index (χ1v) is 8.65. The van der Waals surface area contributed by atoms with Gasteiger partial charge in [0.2, 0.25) is 5.91 Å². The second-order valence-electron chi connectivity index (χ2n) is 6.84. The molecule has 7 nitrogen and oxygen atoms in total. The van der Waals surface area contributed by atoms with Crippen LogP contribution in [0.4, 0.5) is 0 Å². The number of amides is 1. The van der Waals surface area contributed by atoms with Crippen LogP contribution in [0, 0.1) is 5.92 Å². The van der Waals surface area contributed by atoms with E-state index in [-0.39, 0.29) is 17.8 Å². The van der Waals surface area contributed by atoms with Crippen molar-refractivity contribution in [3.63, 3.8) is 0 Å². The Hall–Kier alpha value is -1.89. The van der Waals surface area contributed by atoms with E-state index in [9.17, 15) is 14.4 Å². The lowest BCUT2D eigenvalue weighted by Gasteiger charge is -2.26. The van der Waals surface area contributed by atoms with Crippen molar-refractivity contribution >= 4 is 5.91 Å². The van der Waals surface area contributed by atoms with Crippen molar-refractivity contribution in [3.05, 3.63) is 32.6 Å². The van der Waals surface area contributed by atoms with E-state index in [0.29, 0.717) is 18.2 Å². The molecule has 0 atom stereocenters. The smallest absolute Gasteiger partial charge is 0.330 e. The van der Waals surface area contributed by atoms with Gasteiger partial charge in [0, 0.05) is 32.4 Å². The van der Waals surface area contributed by atoms with Crippen LogP contribution in [0.2, 0.25) is 0 Å². The second-order valence-corrected chi connectivity index (χ2v) is 6.84. The van der Waals surface area contributed by atoms with Crippen LogP contribution >= 0.6 is 0 Å². The van der Waals surface area contributed by atoms with Crippen LogP contribution in [0.15, 0.2) is 15.7 Å². The van der Waals surface area contributed by atoms with Gasteiger partial charge in [-0.1, -0.05) is 32.1 Å². The molecule has 0 radical (unpaired) electrons. The van der Waals surface area contributed by atoms with E-state index >= 15 is 0 Å². The van der Waals surface area contributed by atoms with Crippen LogP contribution < -0.4 is 17.0 Å². The van der Waals surface area contributed by atoms with Gasteiger partial charge in [0.25, 0.3) is 5.56 Å². The number of carbonyl (C=O) groups excluding carboxylic acids is 1. The summed E-state index contributed by atoms with van der Waals surface area (Å²) in [5.74, 6) is 0.300. The number of hydrogen-bond donors (Lipinski definition) is 1. The second kappa shape index (κ2) is 8.28. The monoisotopic (exact) mass is 336 g/mol. The molecular formula is C17H28N4O3. The lowest BCUT2D eigenvalue weighted by Crippen LogP contribution is -2.41. The molecule has 24 heavy (non-hydrogen) atoms. The summed E-state index contributed by atoms with van der Waals surface area (Å²) < 4.78 is 2.53. The number of primary amides is 1. The molecule has 1 heterocycles. The van der Waals surface area contributed by atoms with Gasteiger partial charge in [-0.15, -0.1) is 0 Å². The Labute approximate surface area is 142 Å². The molecule has 0 saturated heterocycles. The predicted octanol–water partition coefficient (Wildman–Crippen LogP) is 0.342. The van der Waals surface area contributed by atoms with E-state index in [1.165, 1.54) is 49.8 Å². The van der Waals surface area contributed by atoms with Crippen molar-refractivity contribution in [1.82, 2.24) is 14.0 Å². The number of nitrogens with zero attached hydrogens (tertiary/aromatic N) is 3. The first-order chi connectivity index (χ1) is 11.4. The molecule has 0 spiro atoms. The number of hydrogen-bond acceptors (Lipinski definition) is 4. The van der Waals surface area contributed by atoms with E-state index in [2.05, 4.69) is 0 Å². The van der Waals surface area contributed by atoms with E-state index in [1.54, 1.807) is 7.05 Å². The zero-order valence-corrected chi connectivity index (χ0v) is 14.7. The zero-order valence-electron chi connectivity index (χ0n) is 14.7. The van der Waals surface area contributed by atoms with Crippen molar-refractivity contribution in [1.29, 1.82) is 0 Å². The van der Waals surface area contributed by atoms with Crippen LogP contribution in [0.1, 0.15) is 44.2 Å². The Balaban J connectivity index is 2.09. The van der Waals surface area contributed by atoms with E-state index < -0.39 is 5.91 Å². The first-order valence-electron chi connectivity index (χ1n) is 8.65. The number of rotatable bonds is 7. The standard InChI is InChI=1S/C17H28N4O3/c1-19-14(10-16(23)20(2)17(19)24)11-21(12-15(18)22)9-8-13-6-4-3-5-7-13/h10,13H,3-9,11-12H2,1-2H3,(H2,18,22). The fraction of sp³-hybridized carbons (Fsp3) is 0.706. The van der Waals surface area contributed by atoms with Crippen LogP contribution in [0.5, 0.6) is 0 Å². The summed E-state index contributed by atoms with van der Waals surface area (Å²) in [6.07, 6.45) is 7.39. The van der Waals surface area contributed by atoms with E-state index in [4.69, 9.17) is 5.73 Å². The summed E-state index contributed by atoms with van der Waals surface area (Å²) in [5.41, 5.74) is 5.28. The van der Waals surface area contributed by atoms with Gasteiger partial charge in [-0.05, 0) is 18.9 Å². The topological polar surface area (TPSA) is 90.3 Å².